The van der Waals surface area contributed by atoms with Gasteiger partial charge in [-0.15, -0.1) is 11.3 Å². The van der Waals surface area contributed by atoms with E-state index in [-0.39, 0.29) is 5.91 Å². The number of amides is 1. The van der Waals surface area contributed by atoms with Gasteiger partial charge in [-0.1, -0.05) is 12.8 Å². The molecule has 1 fully saturated rings. The maximum absolute atomic E-state index is 12.2. The fraction of sp³-hybridized carbons (Fsp3) is 0.615. The number of hydrogen-bond acceptors (Lipinski definition) is 4. The molecule has 3 rings (SSSR count). The van der Waals surface area contributed by atoms with E-state index >= 15 is 0 Å². The quantitative estimate of drug-likeness (QED) is 0.890. The van der Waals surface area contributed by atoms with Crippen LogP contribution in [0.2, 0.25) is 0 Å². The summed E-state index contributed by atoms with van der Waals surface area (Å²) in [4.78, 5) is 18.0. The van der Waals surface area contributed by atoms with Crippen LogP contribution in [0, 0.1) is 16.7 Å². The highest BCUT2D eigenvalue weighted by Gasteiger charge is 2.41. The molecule has 4 nitrogen and oxygen atoms in total. The number of fused-ring (bicyclic) bond motifs is 1. The van der Waals surface area contributed by atoms with E-state index in [9.17, 15) is 10.1 Å². The van der Waals surface area contributed by atoms with E-state index in [4.69, 9.17) is 0 Å². The Hall–Kier alpha value is -1.41. The number of carbonyl (C=O) groups excluding carboxylic acids is 1. The van der Waals surface area contributed by atoms with Crippen molar-refractivity contribution in [2.75, 3.05) is 5.32 Å². The van der Waals surface area contributed by atoms with Gasteiger partial charge in [-0.25, -0.2) is 4.98 Å². The lowest BCUT2D eigenvalue weighted by atomic mass is 9.87. The van der Waals surface area contributed by atoms with Gasteiger partial charge in [0.1, 0.15) is 5.41 Å². The van der Waals surface area contributed by atoms with Gasteiger partial charge in [-0.3, -0.25) is 4.79 Å². The van der Waals surface area contributed by atoms with Crippen molar-refractivity contribution in [2.24, 2.45) is 5.41 Å². The molecule has 1 N–H and O–H groups in total. The van der Waals surface area contributed by atoms with Crippen molar-refractivity contribution in [3.63, 3.8) is 0 Å². The Morgan fingerprint density at radius 1 is 1.33 bits per heavy atom. The Bertz CT molecular complexity index is 501. The topological polar surface area (TPSA) is 65.8 Å². The third-order valence-electron chi connectivity index (χ3n) is 3.92. The average molecular weight is 261 g/mol. The molecule has 94 valence electrons. The predicted molar refractivity (Wildman–Crippen MR) is 69.3 cm³/mol. The van der Waals surface area contributed by atoms with Gasteiger partial charge >= 0.3 is 0 Å². The number of thiazole rings is 1. The minimum atomic E-state index is -0.809. The zero-order valence-corrected chi connectivity index (χ0v) is 11.0. The highest BCUT2D eigenvalue weighted by molar-refractivity contribution is 7.15. The first-order chi connectivity index (χ1) is 8.73. The molecule has 2 aliphatic rings. The van der Waals surface area contributed by atoms with Gasteiger partial charge < -0.3 is 5.32 Å². The van der Waals surface area contributed by atoms with E-state index in [2.05, 4.69) is 16.4 Å². The predicted octanol–water partition coefficient (Wildman–Crippen LogP) is 2.65. The zero-order valence-electron chi connectivity index (χ0n) is 10.2. The highest BCUT2D eigenvalue weighted by atomic mass is 32.1. The van der Waals surface area contributed by atoms with Crippen LogP contribution in [0.4, 0.5) is 5.13 Å². The summed E-state index contributed by atoms with van der Waals surface area (Å²) in [6.45, 7) is 0. The summed E-state index contributed by atoms with van der Waals surface area (Å²) in [5, 5.41) is 12.8. The van der Waals surface area contributed by atoms with Crippen LogP contribution in [-0.2, 0) is 17.6 Å². The van der Waals surface area contributed by atoms with Gasteiger partial charge in [0, 0.05) is 4.88 Å². The van der Waals surface area contributed by atoms with Crippen LogP contribution in [0.25, 0.3) is 0 Å². The molecule has 0 unspecified atom stereocenters. The molecule has 1 amide bonds. The molecule has 0 saturated heterocycles. The summed E-state index contributed by atoms with van der Waals surface area (Å²) in [7, 11) is 0. The molecule has 18 heavy (non-hydrogen) atoms. The Morgan fingerprint density at radius 2 is 2.11 bits per heavy atom. The SMILES string of the molecule is N#CC1(C(=O)Nc2nc3c(s2)CCC3)CCCC1. The van der Waals surface area contributed by atoms with Crippen molar-refractivity contribution in [2.45, 2.75) is 44.9 Å². The third-order valence-corrected chi connectivity index (χ3v) is 4.99. The van der Waals surface area contributed by atoms with E-state index in [1.807, 2.05) is 0 Å². The Balaban J connectivity index is 1.76. The van der Waals surface area contributed by atoms with E-state index < -0.39 is 5.41 Å². The van der Waals surface area contributed by atoms with Crippen LogP contribution in [0.1, 0.15) is 42.7 Å². The van der Waals surface area contributed by atoms with Crippen molar-refractivity contribution < 1.29 is 4.79 Å². The number of aromatic nitrogens is 1. The summed E-state index contributed by atoms with van der Waals surface area (Å²) in [5.74, 6) is -0.157. The van der Waals surface area contributed by atoms with Gasteiger partial charge in [0.2, 0.25) is 5.91 Å². The van der Waals surface area contributed by atoms with Crippen LogP contribution in [0.15, 0.2) is 0 Å². The Labute approximate surface area is 110 Å². The minimum absolute atomic E-state index is 0.157. The largest absolute Gasteiger partial charge is 0.301 e. The van der Waals surface area contributed by atoms with Gasteiger partial charge in [-0.05, 0) is 32.1 Å². The molecule has 5 heteroatoms. The van der Waals surface area contributed by atoms with Crippen molar-refractivity contribution in [1.29, 1.82) is 5.26 Å². The molecule has 0 radical (unpaired) electrons. The lowest BCUT2D eigenvalue weighted by Crippen LogP contribution is -2.32. The first kappa shape index (κ1) is 11.7. The molecule has 0 bridgehead atoms. The number of nitriles is 1. The maximum atomic E-state index is 12.2. The van der Waals surface area contributed by atoms with Gasteiger partial charge in [0.15, 0.2) is 5.13 Å². The van der Waals surface area contributed by atoms with E-state index in [1.54, 1.807) is 11.3 Å². The van der Waals surface area contributed by atoms with Gasteiger partial charge in [-0.2, -0.15) is 5.26 Å². The standard InChI is InChI=1S/C13H15N3OS/c14-8-13(6-1-2-7-13)11(17)16-12-15-9-4-3-5-10(9)18-12/h1-7H2,(H,15,16,17). The summed E-state index contributed by atoms with van der Waals surface area (Å²) >= 11 is 1.57. The molecule has 1 heterocycles. The number of hydrogen-bond donors (Lipinski definition) is 1. The van der Waals surface area contributed by atoms with Crippen LogP contribution in [-0.4, -0.2) is 10.9 Å². The summed E-state index contributed by atoms with van der Waals surface area (Å²) in [5.41, 5.74) is 0.323. The van der Waals surface area contributed by atoms with Crippen LogP contribution in [0.3, 0.4) is 0 Å². The van der Waals surface area contributed by atoms with Crippen molar-refractivity contribution in [1.82, 2.24) is 4.98 Å². The second kappa shape index (κ2) is 4.36. The third kappa shape index (κ3) is 1.81. The van der Waals surface area contributed by atoms with E-state index in [1.165, 1.54) is 11.3 Å². The number of nitrogens with one attached hydrogen (secondary N) is 1. The summed E-state index contributed by atoms with van der Waals surface area (Å²) in [6, 6.07) is 2.21. The smallest absolute Gasteiger partial charge is 0.246 e. The molecular formula is C13H15N3OS. The van der Waals surface area contributed by atoms with Crippen LogP contribution in [0.5, 0.6) is 0 Å². The van der Waals surface area contributed by atoms with E-state index in [0.29, 0.717) is 18.0 Å². The van der Waals surface area contributed by atoms with Gasteiger partial charge in [0.25, 0.3) is 0 Å². The molecular weight excluding hydrogens is 246 g/mol. The Morgan fingerprint density at radius 3 is 2.78 bits per heavy atom. The lowest BCUT2D eigenvalue weighted by Gasteiger charge is -2.17. The molecule has 2 aliphatic carbocycles. The minimum Gasteiger partial charge on any atom is -0.301 e. The molecule has 1 aromatic heterocycles. The number of anilines is 1. The molecule has 1 saturated carbocycles. The number of nitrogens with zero attached hydrogens (tertiary/aromatic N) is 2. The van der Waals surface area contributed by atoms with Crippen molar-refractivity contribution in [3.8, 4) is 6.07 Å². The average Bonchev–Trinajstić information content (AvgIpc) is 3.03. The fourth-order valence-electron chi connectivity index (χ4n) is 2.83. The van der Waals surface area contributed by atoms with Crippen molar-refractivity contribution >= 4 is 22.4 Å². The summed E-state index contributed by atoms with van der Waals surface area (Å²) < 4.78 is 0. The summed E-state index contributed by atoms with van der Waals surface area (Å²) in [6.07, 6.45) is 6.56. The normalized spacial score (nSPS) is 20.4. The number of aryl methyl sites for hydroxylation is 2. The lowest BCUT2D eigenvalue weighted by molar-refractivity contribution is -0.122. The molecule has 0 atom stereocenters. The van der Waals surface area contributed by atoms with E-state index in [0.717, 1.165) is 31.4 Å². The van der Waals surface area contributed by atoms with Crippen LogP contribution >= 0.6 is 11.3 Å². The molecule has 0 aromatic carbocycles. The first-order valence-corrected chi connectivity index (χ1v) is 7.26. The Kier molecular flexibility index (Phi) is 2.83. The fourth-order valence-corrected chi connectivity index (χ4v) is 3.87. The molecule has 1 aromatic rings. The maximum Gasteiger partial charge on any atom is 0.246 e. The second-order valence-corrected chi connectivity index (χ2v) is 6.18. The van der Waals surface area contributed by atoms with Gasteiger partial charge in [0.05, 0.1) is 11.8 Å². The second-order valence-electron chi connectivity index (χ2n) is 5.10. The van der Waals surface area contributed by atoms with Crippen molar-refractivity contribution in [3.05, 3.63) is 10.6 Å². The number of carbonyl (C=O) groups is 1. The van der Waals surface area contributed by atoms with Crippen LogP contribution < -0.4 is 5.32 Å². The molecule has 0 aliphatic heterocycles. The highest BCUT2D eigenvalue weighted by Crippen LogP contribution is 2.39. The monoisotopic (exact) mass is 261 g/mol. The number of rotatable bonds is 2. The first-order valence-electron chi connectivity index (χ1n) is 6.45. The molecule has 0 spiro atoms. The zero-order chi connectivity index (χ0) is 12.6.